The molecule has 0 aromatic heterocycles. The van der Waals surface area contributed by atoms with Gasteiger partial charge in [-0.25, -0.2) is 0 Å². The molecule has 1 aromatic carbocycles. The minimum Gasteiger partial charge on any atom is -0.374 e. The average Bonchev–Trinajstić information content (AvgIpc) is 2.45. The predicted octanol–water partition coefficient (Wildman–Crippen LogP) is 3.86. The van der Waals surface area contributed by atoms with Crippen LogP contribution in [0.15, 0.2) is 36.4 Å². The molecule has 1 fully saturated rings. The number of hydrogen-bond acceptors (Lipinski definition) is 2. The largest absolute Gasteiger partial charge is 0.374 e. The number of hydrogen-bond donors (Lipinski definition) is 0. The van der Waals surface area contributed by atoms with Crippen LogP contribution < -0.4 is 0 Å². The second-order valence-corrected chi connectivity index (χ2v) is 5.01. The van der Waals surface area contributed by atoms with Gasteiger partial charge in [-0.1, -0.05) is 48.9 Å². The van der Waals surface area contributed by atoms with E-state index in [0.717, 1.165) is 24.8 Å². The fourth-order valence-electron chi connectivity index (χ4n) is 2.63. The van der Waals surface area contributed by atoms with E-state index in [1.807, 2.05) is 31.2 Å². The number of ketones is 1. The average molecular weight is 258 g/mol. The number of benzene rings is 1. The van der Waals surface area contributed by atoms with Gasteiger partial charge < -0.3 is 4.74 Å². The number of carbonyl (C=O) groups is 1. The molecule has 19 heavy (non-hydrogen) atoms. The van der Waals surface area contributed by atoms with Crippen LogP contribution in [0.25, 0.3) is 6.08 Å². The van der Waals surface area contributed by atoms with Gasteiger partial charge in [0.05, 0.1) is 6.10 Å². The molecule has 0 saturated heterocycles. The molecule has 2 heteroatoms. The lowest BCUT2D eigenvalue weighted by atomic mass is 9.83. The molecule has 0 aliphatic heterocycles. The van der Waals surface area contributed by atoms with E-state index in [1.54, 1.807) is 0 Å². The van der Waals surface area contributed by atoms with Gasteiger partial charge >= 0.3 is 0 Å². The zero-order valence-electron chi connectivity index (χ0n) is 11.5. The maximum Gasteiger partial charge on any atom is 0.138 e. The highest BCUT2D eigenvalue weighted by Crippen LogP contribution is 2.26. The lowest BCUT2D eigenvalue weighted by molar-refractivity contribution is -0.128. The first-order chi connectivity index (χ1) is 9.31. The molecule has 0 bridgehead atoms. The third kappa shape index (κ3) is 4.03. The maximum atomic E-state index is 12.0. The summed E-state index contributed by atoms with van der Waals surface area (Å²) in [7, 11) is 0. The summed E-state index contributed by atoms with van der Waals surface area (Å²) in [6.07, 6.45) is 7.89. The molecule has 2 unspecified atom stereocenters. The quantitative estimate of drug-likeness (QED) is 0.801. The van der Waals surface area contributed by atoms with Crippen LogP contribution in [0.4, 0.5) is 0 Å². The molecule has 1 saturated carbocycles. The highest BCUT2D eigenvalue weighted by atomic mass is 16.5. The topological polar surface area (TPSA) is 26.3 Å². The van der Waals surface area contributed by atoms with E-state index in [1.165, 1.54) is 0 Å². The summed E-state index contributed by atoms with van der Waals surface area (Å²) >= 11 is 0. The highest BCUT2D eigenvalue weighted by molar-refractivity contribution is 5.82. The zero-order chi connectivity index (χ0) is 13.5. The Balaban J connectivity index is 2.07. The van der Waals surface area contributed by atoms with E-state index in [9.17, 15) is 4.79 Å². The molecule has 102 valence electrons. The third-order valence-electron chi connectivity index (χ3n) is 3.64. The van der Waals surface area contributed by atoms with Gasteiger partial charge in [0.1, 0.15) is 5.78 Å². The standard InChI is InChI=1S/C17H22O2/c1-2-19-17(15-10-6-7-11-16(15)18)13-12-14-8-4-3-5-9-14/h3-5,8-9,12-13,15,17H,2,6-7,10-11H2,1H3/b13-12+. The van der Waals surface area contributed by atoms with Gasteiger partial charge in [0.15, 0.2) is 0 Å². The Kier molecular flexibility index (Phi) is 5.34. The minimum atomic E-state index is -0.0713. The van der Waals surface area contributed by atoms with E-state index in [0.29, 0.717) is 18.8 Å². The van der Waals surface area contributed by atoms with Crippen LogP contribution in [0, 0.1) is 5.92 Å². The Morgan fingerprint density at radius 3 is 2.79 bits per heavy atom. The first-order valence-electron chi connectivity index (χ1n) is 7.19. The summed E-state index contributed by atoms with van der Waals surface area (Å²) in [5.41, 5.74) is 1.15. The summed E-state index contributed by atoms with van der Waals surface area (Å²) in [6, 6.07) is 10.1. The van der Waals surface area contributed by atoms with Gasteiger partial charge in [0.25, 0.3) is 0 Å². The molecule has 1 aromatic rings. The van der Waals surface area contributed by atoms with Crippen molar-refractivity contribution in [1.82, 2.24) is 0 Å². The van der Waals surface area contributed by atoms with Crippen molar-refractivity contribution in [2.45, 2.75) is 38.7 Å². The Morgan fingerprint density at radius 1 is 1.32 bits per heavy atom. The van der Waals surface area contributed by atoms with Crippen LogP contribution in [0.3, 0.4) is 0 Å². The Labute approximate surface area is 115 Å². The maximum absolute atomic E-state index is 12.0. The van der Waals surface area contributed by atoms with E-state index in [-0.39, 0.29) is 12.0 Å². The number of Topliss-reactive ketones (excluding diaryl/α,β-unsaturated/α-hetero) is 1. The van der Waals surface area contributed by atoms with E-state index in [4.69, 9.17) is 4.74 Å². The van der Waals surface area contributed by atoms with Crippen molar-refractivity contribution in [3.05, 3.63) is 42.0 Å². The fraction of sp³-hybridized carbons (Fsp3) is 0.471. The second kappa shape index (κ2) is 7.25. The van der Waals surface area contributed by atoms with Crippen LogP contribution in [-0.4, -0.2) is 18.5 Å². The summed E-state index contributed by atoms with van der Waals surface area (Å²) in [5.74, 6) is 0.413. The second-order valence-electron chi connectivity index (χ2n) is 5.01. The zero-order valence-corrected chi connectivity index (χ0v) is 11.5. The molecule has 0 spiro atoms. The van der Waals surface area contributed by atoms with Crippen LogP contribution in [0.5, 0.6) is 0 Å². The molecule has 0 radical (unpaired) electrons. The third-order valence-corrected chi connectivity index (χ3v) is 3.64. The normalized spacial score (nSPS) is 21.7. The smallest absolute Gasteiger partial charge is 0.138 e. The lowest BCUT2D eigenvalue weighted by Gasteiger charge is -2.26. The van der Waals surface area contributed by atoms with Crippen molar-refractivity contribution >= 4 is 11.9 Å². The van der Waals surface area contributed by atoms with Gasteiger partial charge in [-0.2, -0.15) is 0 Å². The summed E-state index contributed by atoms with van der Waals surface area (Å²) < 4.78 is 5.77. The van der Waals surface area contributed by atoms with E-state index >= 15 is 0 Å². The summed E-state index contributed by atoms with van der Waals surface area (Å²) in [4.78, 5) is 12.0. The number of carbonyl (C=O) groups excluding carboxylic acids is 1. The van der Waals surface area contributed by atoms with Gasteiger partial charge in [-0.15, -0.1) is 0 Å². The van der Waals surface area contributed by atoms with Crippen molar-refractivity contribution in [3.8, 4) is 0 Å². The molecule has 0 N–H and O–H groups in total. The fourth-order valence-corrected chi connectivity index (χ4v) is 2.63. The van der Waals surface area contributed by atoms with Crippen molar-refractivity contribution in [1.29, 1.82) is 0 Å². The van der Waals surface area contributed by atoms with Crippen molar-refractivity contribution in [2.75, 3.05) is 6.61 Å². The SMILES string of the molecule is CCOC(/C=C/c1ccccc1)C1CCCCC1=O. The molecule has 2 nitrogen and oxygen atoms in total. The van der Waals surface area contributed by atoms with E-state index < -0.39 is 0 Å². The minimum absolute atomic E-state index is 0.0497. The van der Waals surface area contributed by atoms with Crippen molar-refractivity contribution in [3.63, 3.8) is 0 Å². The van der Waals surface area contributed by atoms with Crippen LogP contribution in [0.2, 0.25) is 0 Å². The van der Waals surface area contributed by atoms with Crippen LogP contribution >= 0.6 is 0 Å². The Bertz CT molecular complexity index is 422. The van der Waals surface area contributed by atoms with Gasteiger partial charge in [0, 0.05) is 18.9 Å². The van der Waals surface area contributed by atoms with Crippen LogP contribution in [-0.2, 0) is 9.53 Å². The molecule has 0 amide bonds. The molecule has 1 aliphatic rings. The highest BCUT2D eigenvalue weighted by Gasteiger charge is 2.29. The molecular formula is C17H22O2. The lowest BCUT2D eigenvalue weighted by Crippen LogP contribution is -2.31. The molecular weight excluding hydrogens is 236 g/mol. The first-order valence-corrected chi connectivity index (χ1v) is 7.19. The van der Waals surface area contributed by atoms with E-state index in [2.05, 4.69) is 18.2 Å². The van der Waals surface area contributed by atoms with Gasteiger partial charge in [-0.05, 0) is 25.3 Å². The van der Waals surface area contributed by atoms with Crippen molar-refractivity contribution < 1.29 is 9.53 Å². The molecule has 0 heterocycles. The monoisotopic (exact) mass is 258 g/mol. The number of rotatable bonds is 5. The summed E-state index contributed by atoms with van der Waals surface area (Å²) in [6.45, 7) is 2.63. The van der Waals surface area contributed by atoms with Crippen LogP contribution in [0.1, 0.15) is 38.2 Å². The van der Waals surface area contributed by atoms with Gasteiger partial charge in [0.2, 0.25) is 0 Å². The number of ether oxygens (including phenoxy) is 1. The molecule has 2 rings (SSSR count). The Morgan fingerprint density at radius 2 is 2.11 bits per heavy atom. The molecule has 2 atom stereocenters. The first kappa shape index (κ1) is 14.0. The summed E-state index contributed by atoms with van der Waals surface area (Å²) in [5, 5.41) is 0. The molecule has 1 aliphatic carbocycles. The predicted molar refractivity (Wildman–Crippen MR) is 77.9 cm³/mol. The van der Waals surface area contributed by atoms with Gasteiger partial charge in [-0.3, -0.25) is 4.79 Å². The Hall–Kier alpha value is -1.41. The van der Waals surface area contributed by atoms with Crippen molar-refractivity contribution in [2.24, 2.45) is 5.92 Å².